The zero-order valence-electron chi connectivity index (χ0n) is 12.2. The number of aryl methyl sites for hydroxylation is 2. The average molecular weight is 294 g/mol. The number of carbonyl (C=O) groups excluding carboxylic acids is 1. The minimum atomic E-state index is -0.255. The van der Waals surface area contributed by atoms with E-state index in [0.717, 1.165) is 11.1 Å². The molecule has 0 fully saturated rings. The van der Waals surface area contributed by atoms with Crippen molar-refractivity contribution in [1.82, 2.24) is 25.6 Å². The Morgan fingerprint density at radius 3 is 2.73 bits per heavy atom. The van der Waals surface area contributed by atoms with E-state index >= 15 is 0 Å². The quantitative estimate of drug-likeness (QED) is 0.771. The molecule has 0 atom stereocenters. The van der Waals surface area contributed by atoms with E-state index in [1.807, 2.05) is 32.0 Å². The summed E-state index contributed by atoms with van der Waals surface area (Å²) in [7, 11) is 0. The molecule has 2 N–H and O–H groups in total. The maximum atomic E-state index is 12.6. The number of hydrogen-bond donors (Lipinski definition) is 2. The number of pyridine rings is 1. The van der Waals surface area contributed by atoms with Gasteiger partial charge in [0.25, 0.3) is 5.91 Å². The molecule has 0 radical (unpaired) electrons. The summed E-state index contributed by atoms with van der Waals surface area (Å²) in [6.45, 7) is 3.80. The van der Waals surface area contributed by atoms with Gasteiger partial charge < -0.3 is 5.32 Å². The summed E-state index contributed by atoms with van der Waals surface area (Å²) in [5.41, 5.74) is 2.98. The first-order valence-electron chi connectivity index (χ1n) is 6.72. The molecule has 1 amide bonds. The van der Waals surface area contributed by atoms with Crippen LogP contribution in [-0.4, -0.2) is 31.5 Å². The largest absolute Gasteiger partial charge is 0.307 e. The first kappa shape index (κ1) is 13.9. The molecule has 22 heavy (non-hydrogen) atoms. The Morgan fingerprint density at radius 2 is 2.05 bits per heavy atom. The minimum Gasteiger partial charge on any atom is -0.307 e. The minimum absolute atomic E-state index is 0.255. The summed E-state index contributed by atoms with van der Waals surface area (Å²) in [5.74, 6) is 0.623. The van der Waals surface area contributed by atoms with Crippen molar-refractivity contribution in [1.29, 1.82) is 0 Å². The average Bonchev–Trinajstić information content (AvgIpc) is 3.03. The lowest BCUT2D eigenvalue weighted by atomic mass is 10.0. The molecular weight excluding hydrogens is 280 g/mol. The van der Waals surface area contributed by atoms with Gasteiger partial charge >= 0.3 is 0 Å². The van der Waals surface area contributed by atoms with E-state index in [1.54, 1.807) is 18.3 Å². The van der Waals surface area contributed by atoms with Crippen molar-refractivity contribution in [2.45, 2.75) is 13.8 Å². The number of H-pyrrole nitrogens is 1. The monoisotopic (exact) mass is 294 g/mol. The first-order valence-corrected chi connectivity index (χ1v) is 6.72. The number of nitrogens with zero attached hydrogens (tertiary/aromatic N) is 4. The van der Waals surface area contributed by atoms with Gasteiger partial charge in [-0.05, 0) is 36.3 Å². The van der Waals surface area contributed by atoms with Gasteiger partial charge in [-0.1, -0.05) is 24.3 Å². The van der Waals surface area contributed by atoms with Gasteiger partial charge in [0.15, 0.2) is 0 Å². The number of anilines is 1. The number of rotatable bonds is 3. The van der Waals surface area contributed by atoms with Crippen molar-refractivity contribution >= 4 is 11.7 Å². The second-order valence-corrected chi connectivity index (χ2v) is 4.91. The van der Waals surface area contributed by atoms with Crippen molar-refractivity contribution in [3.8, 4) is 11.4 Å². The second kappa shape index (κ2) is 5.72. The summed E-state index contributed by atoms with van der Waals surface area (Å²) in [5, 5.41) is 16.6. The lowest BCUT2D eigenvalue weighted by molar-refractivity contribution is 0.102. The van der Waals surface area contributed by atoms with E-state index < -0.39 is 0 Å². The number of aromatic amines is 1. The molecule has 0 spiro atoms. The topological polar surface area (TPSA) is 96.5 Å². The van der Waals surface area contributed by atoms with Crippen LogP contribution in [0.15, 0.2) is 36.5 Å². The van der Waals surface area contributed by atoms with Gasteiger partial charge in [-0.25, -0.2) is 4.98 Å². The van der Waals surface area contributed by atoms with E-state index in [0.29, 0.717) is 22.8 Å². The highest BCUT2D eigenvalue weighted by atomic mass is 16.1. The molecule has 7 nitrogen and oxygen atoms in total. The normalized spacial score (nSPS) is 10.5. The van der Waals surface area contributed by atoms with Crippen LogP contribution in [0.1, 0.15) is 21.5 Å². The van der Waals surface area contributed by atoms with Gasteiger partial charge in [0.1, 0.15) is 5.82 Å². The number of nitrogens with one attached hydrogen (secondary N) is 2. The summed E-state index contributed by atoms with van der Waals surface area (Å²) < 4.78 is 0. The number of tetrazole rings is 1. The molecule has 7 heteroatoms. The Bertz CT molecular complexity index is 795. The molecule has 0 aliphatic carbocycles. The standard InChI is InChI=1S/C15H14N6O/c1-9-6-7-12(16-8-9)17-15(22)13-10(2)4-3-5-11(13)14-18-20-21-19-14/h3-8H,1-2H3,(H,16,17,22)(H,18,19,20,21). The second-order valence-electron chi connectivity index (χ2n) is 4.91. The smallest absolute Gasteiger partial charge is 0.257 e. The molecule has 0 saturated carbocycles. The maximum absolute atomic E-state index is 12.6. The number of carbonyl (C=O) groups is 1. The van der Waals surface area contributed by atoms with Crippen LogP contribution >= 0.6 is 0 Å². The van der Waals surface area contributed by atoms with Crippen molar-refractivity contribution in [2.75, 3.05) is 5.32 Å². The van der Waals surface area contributed by atoms with E-state index in [2.05, 4.69) is 30.9 Å². The highest BCUT2D eigenvalue weighted by molar-refractivity contribution is 6.08. The number of amides is 1. The molecule has 2 aromatic heterocycles. The Balaban J connectivity index is 1.97. The van der Waals surface area contributed by atoms with Crippen LogP contribution < -0.4 is 5.32 Å². The Labute approximate surface area is 126 Å². The van der Waals surface area contributed by atoms with E-state index in [4.69, 9.17) is 0 Å². The zero-order chi connectivity index (χ0) is 15.5. The molecule has 0 aliphatic rings. The van der Waals surface area contributed by atoms with Gasteiger partial charge in [0.05, 0.1) is 5.56 Å². The SMILES string of the molecule is Cc1ccc(NC(=O)c2c(C)cccc2-c2nn[nH]n2)nc1. The summed E-state index contributed by atoms with van der Waals surface area (Å²) in [4.78, 5) is 16.8. The van der Waals surface area contributed by atoms with Gasteiger partial charge in [-0.15, -0.1) is 10.2 Å². The molecular formula is C15H14N6O. The number of benzene rings is 1. The van der Waals surface area contributed by atoms with Crippen molar-refractivity contribution in [2.24, 2.45) is 0 Å². The van der Waals surface area contributed by atoms with Crippen LogP contribution in [0.5, 0.6) is 0 Å². The first-order chi connectivity index (χ1) is 10.6. The fourth-order valence-electron chi connectivity index (χ4n) is 2.15. The summed E-state index contributed by atoms with van der Waals surface area (Å²) >= 11 is 0. The van der Waals surface area contributed by atoms with E-state index in [-0.39, 0.29) is 5.91 Å². The predicted molar refractivity (Wildman–Crippen MR) is 81.3 cm³/mol. The number of aromatic nitrogens is 5. The van der Waals surface area contributed by atoms with Crippen molar-refractivity contribution < 1.29 is 4.79 Å². The van der Waals surface area contributed by atoms with E-state index in [1.165, 1.54) is 0 Å². The molecule has 110 valence electrons. The molecule has 3 aromatic rings. The van der Waals surface area contributed by atoms with Gasteiger partial charge in [0.2, 0.25) is 5.82 Å². The molecule has 0 bridgehead atoms. The highest BCUT2D eigenvalue weighted by Crippen LogP contribution is 2.23. The van der Waals surface area contributed by atoms with Crippen LogP contribution in [-0.2, 0) is 0 Å². The molecule has 2 heterocycles. The molecule has 0 saturated heterocycles. The van der Waals surface area contributed by atoms with Gasteiger partial charge in [0, 0.05) is 11.8 Å². The Morgan fingerprint density at radius 1 is 1.18 bits per heavy atom. The summed E-state index contributed by atoms with van der Waals surface area (Å²) in [6, 6.07) is 9.15. The lowest BCUT2D eigenvalue weighted by Crippen LogP contribution is -2.16. The fourth-order valence-corrected chi connectivity index (χ4v) is 2.15. The van der Waals surface area contributed by atoms with Crippen LogP contribution in [0.2, 0.25) is 0 Å². The van der Waals surface area contributed by atoms with Crippen molar-refractivity contribution in [3.63, 3.8) is 0 Å². The van der Waals surface area contributed by atoms with Crippen LogP contribution in [0.4, 0.5) is 5.82 Å². The third kappa shape index (κ3) is 2.69. The Hall–Kier alpha value is -3.09. The molecule has 1 aromatic carbocycles. The van der Waals surface area contributed by atoms with Crippen LogP contribution in [0, 0.1) is 13.8 Å². The Kier molecular flexibility index (Phi) is 3.61. The molecule has 0 unspecified atom stereocenters. The summed E-state index contributed by atoms with van der Waals surface area (Å²) in [6.07, 6.45) is 1.70. The van der Waals surface area contributed by atoms with Gasteiger partial charge in [-0.3, -0.25) is 4.79 Å². The molecule has 3 rings (SSSR count). The van der Waals surface area contributed by atoms with Crippen LogP contribution in [0.3, 0.4) is 0 Å². The van der Waals surface area contributed by atoms with Crippen LogP contribution in [0.25, 0.3) is 11.4 Å². The van der Waals surface area contributed by atoms with E-state index in [9.17, 15) is 4.79 Å². The third-order valence-electron chi connectivity index (χ3n) is 3.24. The fraction of sp³-hybridized carbons (Fsp3) is 0.133. The highest BCUT2D eigenvalue weighted by Gasteiger charge is 2.18. The third-order valence-corrected chi connectivity index (χ3v) is 3.24. The maximum Gasteiger partial charge on any atom is 0.257 e. The van der Waals surface area contributed by atoms with Crippen molar-refractivity contribution in [3.05, 3.63) is 53.2 Å². The lowest BCUT2D eigenvalue weighted by Gasteiger charge is -2.10. The molecule has 0 aliphatic heterocycles. The predicted octanol–water partition coefficient (Wildman–Crippen LogP) is 2.13. The van der Waals surface area contributed by atoms with Gasteiger partial charge in [-0.2, -0.15) is 5.21 Å². The zero-order valence-corrected chi connectivity index (χ0v) is 12.2. The number of hydrogen-bond acceptors (Lipinski definition) is 5.